The van der Waals surface area contributed by atoms with Crippen LogP contribution >= 0.6 is 0 Å². The van der Waals surface area contributed by atoms with Gasteiger partial charge in [0.15, 0.2) is 0 Å². The molecule has 0 unspecified atom stereocenters. The van der Waals surface area contributed by atoms with Crippen molar-refractivity contribution in [1.29, 1.82) is 0 Å². The van der Waals surface area contributed by atoms with Crippen LogP contribution in [0.1, 0.15) is 47.2 Å². The third-order valence-corrected chi connectivity index (χ3v) is 7.73. The number of rotatable bonds is 6. The van der Waals surface area contributed by atoms with Crippen LogP contribution in [0, 0.1) is 19.3 Å². The number of esters is 1. The molecule has 2 N–H and O–H groups in total. The number of piperidine rings is 1. The molecule has 2 heterocycles. The fourth-order valence-electron chi connectivity index (χ4n) is 5.36. The molecule has 2 aliphatic heterocycles. The van der Waals surface area contributed by atoms with Crippen molar-refractivity contribution in [3.63, 3.8) is 0 Å². The maximum absolute atomic E-state index is 13.1. The van der Waals surface area contributed by atoms with Crippen molar-refractivity contribution in [2.24, 2.45) is 5.41 Å². The summed E-state index contributed by atoms with van der Waals surface area (Å²) in [6.45, 7) is 6.42. The summed E-state index contributed by atoms with van der Waals surface area (Å²) < 4.78 is 4.84. The Morgan fingerprint density at radius 3 is 2.24 bits per heavy atom. The molecule has 2 aromatic rings. The highest BCUT2D eigenvalue weighted by Gasteiger charge is 2.43. The summed E-state index contributed by atoms with van der Waals surface area (Å²) in [7, 11) is 1.24. The van der Waals surface area contributed by atoms with E-state index in [-0.39, 0.29) is 23.8 Å². The lowest BCUT2D eigenvalue weighted by Gasteiger charge is -2.39. The van der Waals surface area contributed by atoms with Crippen LogP contribution in [0.3, 0.4) is 0 Å². The third-order valence-electron chi connectivity index (χ3n) is 7.73. The van der Waals surface area contributed by atoms with Gasteiger partial charge in [-0.2, -0.15) is 0 Å². The van der Waals surface area contributed by atoms with Gasteiger partial charge in [0.1, 0.15) is 6.04 Å². The van der Waals surface area contributed by atoms with Crippen molar-refractivity contribution < 1.29 is 23.9 Å². The lowest BCUT2D eigenvalue weighted by Crippen LogP contribution is -2.47. The molecular weight excluding hydrogens is 484 g/mol. The Labute approximate surface area is 223 Å². The predicted octanol–water partition coefficient (Wildman–Crippen LogP) is 3.51. The average molecular weight is 521 g/mol. The van der Waals surface area contributed by atoms with E-state index < -0.39 is 17.9 Å². The van der Waals surface area contributed by atoms with Crippen molar-refractivity contribution in [1.82, 2.24) is 15.1 Å². The van der Waals surface area contributed by atoms with Crippen molar-refractivity contribution in [3.8, 4) is 0 Å². The number of ether oxygens (including phenoxy) is 1. The topological polar surface area (TPSA) is 108 Å². The molecule has 2 fully saturated rings. The number of carbonyl (C=O) groups excluding carboxylic acids is 4. The summed E-state index contributed by atoms with van der Waals surface area (Å²) >= 11 is 0. The molecule has 2 aromatic carbocycles. The van der Waals surface area contributed by atoms with E-state index in [1.807, 2.05) is 36.9 Å². The molecule has 9 heteroatoms. The number of hydrogen-bond acceptors (Lipinski definition) is 5. The smallest absolute Gasteiger partial charge is 0.328 e. The van der Waals surface area contributed by atoms with E-state index in [4.69, 9.17) is 4.74 Å². The van der Waals surface area contributed by atoms with E-state index in [0.717, 1.165) is 36.1 Å². The molecule has 2 saturated heterocycles. The van der Waals surface area contributed by atoms with Gasteiger partial charge in [0.05, 0.1) is 13.5 Å². The summed E-state index contributed by atoms with van der Waals surface area (Å²) in [5.74, 6) is -1.28. The number of carbonyl (C=O) groups is 4. The average Bonchev–Trinajstić information content (AvgIpc) is 3.33. The molecule has 4 rings (SSSR count). The minimum absolute atomic E-state index is 0.0414. The van der Waals surface area contributed by atoms with Crippen LogP contribution in [-0.4, -0.2) is 72.9 Å². The van der Waals surface area contributed by atoms with Gasteiger partial charge in [0.25, 0.3) is 5.91 Å². The number of nitrogens with one attached hydrogen (secondary N) is 2. The normalized spacial score (nSPS) is 17.1. The van der Waals surface area contributed by atoms with Crippen LogP contribution in [0.2, 0.25) is 0 Å². The highest BCUT2D eigenvalue weighted by atomic mass is 16.5. The first kappa shape index (κ1) is 27.2. The largest absolute Gasteiger partial charge is 0.467 e. The highest BCUT2D eigenvalue weighted by Crippen LogP contribution is 2.40. The molecule has 2 aliphatic rings. The van der Waals surface area contributed by atoms with Gasteiger partial charge in [-0.3, -0.25) is 9.59 Å². The van der Waals surface area contributed by atoms with Gasteiger partial charge < -0.3 is 25.2 Å². The number of urea groups is 1. The Kier molecular flexibility index (Phi) is 8.34. The van der Waals surface area contributed by atoms with Gasteiger partial charge in [-0.1, -0.05) is 35.9 Å². The first-order valence-electron chi connectivity index (χ1n) is 13.0. The third kappa shape index (κ3) is 6.33. The van der Waals surface area contributed by atoms with Crippen molar-refractivity contribution in [2.45, 2.75) is 45.6 Å². The van der Waals surface area contributed by atoms with Gasteiger partial charge in [-0.25, -0.2) is 9.59 Å². The predicted molar refractivity (Wildman–Crippen MR) is 144 cm³/mol. The Bertz CT molecular complexity index is 1190. The number of aryl methyl sites for hydroxylation is 2. The molecule has 38 heavy (non-hydrogen) atoms. The van der Waals surface area contributed by atoms with Crippen LogP contribution < -0.4 is 10.6 Å². The fourth-order valence-corrected chi connectivity index (χ4v) is 5.36. The highest BCUT2D eigenvalue weighted by molar-refractivity contribution is 5.98. The van der Waals surface area contributed by atoms with Gasteiger partial charge in [0.2, 0.25) is 5.91 Å². The summed E-state index contributed by atoms with van der Waals surface area (Å²) in [6, 6.07) is 13.3. The Morgan fingerprint density at radius 2 is 1.61 bits per heavy atom. The Balaban J connectivity index is 1.30. The molecule has 0 aliphatic carbocycles. The van der Waals surface area contributed by atoms with E-state index in [1.165, 1.54) is 7.11 Å². The molecule has 4 amide bonds. The SMILES string of the molecule is COC(=O)[C@H](CC(=O)N1CCC2(CCN(C(=O)Nc3ccc(C)cc3C)CC2)C1)NC(=O)c1ccccc1. The zero-order chi connectivity index (χ0) is 27.3. The minimum Gasteiger partial charge on any atom is -0.467 e. The second kappa shape index (κ2) is 11.7. The molecule has 0 bridgehead atoms. The first-order chi connectivity index (χ1) is 18.2. The monoisotopic (exact) mass is 520 g/mol. The van der Waals surface area contributed by atoms with Crippen LogP contribution in [0.15, 0.2) is 48.5 Å². The number of benzene rings is 2. The zero-order valence-electron chi connectivity index (χ0n) is 22.3. The van der Waals surface area contributed by atoms with Crippen LogP contribution in [0.4, 0.5) is 10.5 Å². The van der Waals surface area contributed by atoms with Crippen molar-refractivity contribution >= 4 is 29.5 Å². The second-order valence-corrected chi connectivity index (χ2v) is 10.4. The van der Waals surface area contributed by atoms with Crippen LogP contribution in [0.25, 0.3) is 0 Å². The molecule has 0 saturated carbocycles. The molecular formula is C29H36N4O5. The maximum Gasteiger partial charge on any atom is 0.328 e. The number of amides is 4. The van der Waals surface area contributed by atoms with Gasteiger partial charge in [-0.15, -0.1) is 0 Å². The van der Waals surface area contributed by atoms with E-state index >= 15 is 0 Å². The summed E-state index contributed by atoms with van der Waals surface area (Å²) in [5, 5.41) is 5.66. The standard InChI is InChI=1S/C29H36N4O5/c1-20-9-10-23(21(2)17-20)31-28(37)32-14-11-29(12-15-32)13-16-33(19-29)25(34)18-24(27(36)38-3)30-26(35)22-7-5-4-6-8-22/h4-10,17,24H,11-16,18-19H2,1-3H3,(H,30,35)(H,31,37)/t24-/m0/s1. The molecule has 0 aromatic heterocycles. The van der Waals surface area contributed by atoms with Gasteiger partial charge in [0, 0.05) is 37.4 Å². The Hall–Kier alpha value is -3.88. The molecule has 0 radical (unpaired) electrons. The summed E-state index contributed by atoms with van der Waals surface area (Å²) in [4.78, 5) is 54.5. The number of likely N-dealkylation sites (tertiary alicyclic amines) is 2. The summed E-state index contributed by atoms with van der Waals surface area (Å²) in [6.07, 6.45) is 2.31. The Morgan fingerprint density at radius 1 is 0.947 bits per heavy atom. The van der Waals surface area contributed by atoms with Crippen LogP contribution in [-0.2, 0) is 14.3 Å². The van der Waals surface area contributed by atoms with Crippen molar-refractivity contribution in [3.05, 3.63) is 65.2 Å². The van der Waals surface area contributed by atoms with E-state index in [0.29, 0.717) is 31.7 Å². The first-order valence-corrected chi connectivity index (χ1v) is 13.0. The number of methoxy groups -OCH3 is 1. The van der Waals surface area contributed by atoms with Gasteiger partial charge >= 0.3 is 12.0 Å². The fraction of sp³-hybridized carbons (Fsp3) is 0.448. The number of nitrogens with zero attached hydrogens (tertiary/aromatic N) is 2. The lowest BCUT2D eigenvalue weighted by molar-refractivity contribution is -0.146. The molecule has 9 nitrogen and oxygen atoms in total. The zero-order valence-corrected chi connectivity index (χ0v) is 22.3. The minimum atomic E-state index is -1.06. The molecule has 202 valence electrons. The number of hydrogen-bond donors (Lipinski definition) is 2. The van der Waals surface area contributed by atoms with Crippen molar-refractivity contribution in [2.75, 3.05) is 38.6 Å². The van der Waals surface area contributed by atoms with E-state index in [2.05, 4.69) is 10.6 Å². The molecule has 1 atom stereocenters. The molecule has 1 spiro atoms. The van der Waals surface area contributed by atoms with E-state index in [1.54, 1.807) is 35.2 Å². The maximum atomic E-state index is 13.1. The summed E-state index contributed by atoms with van der Waals surface area (Å²) in [5.41, 5.74) is 3.36. The number of anilines is 1. The van der Waals surface area contributed by atoms with Crippen LogP contribution in [0.5, 0.6) is 0 Å². The quantitative estimate of drug-likeness (QED) is 0.567. The van der Waals surface area contributed by atoms with E-state index in [9.17, 15) is 19.2 Å². The second-order valence-electron chi connectivity index (χ2n) is 10.4. The van der Waals surface area contributed by atoms with Gasteiger partial charge in [-0.05, 0) is 62.3 Å². The lowest BCUT2D eigenvalue weighted by atomic mass is 9.78.